The van der Waals surface area contributed by atoms with Crippen LogP contribution >= 0.6 is 0 Å². The highest BCUT2D eigenvalue weighted by Gasteiger charge is 2.08. The van der Waals surface area contributed by atoms with E-state index in [1.165, 1.54) is 0 Å². The highest BCUT2D eigenvalue weighted by molar-refractivity contribution is 5.95. The van der Waals surface area contributed by atoms with E-state index in [0.29, 0.717) is 12.1 Å². The van der Waals surface area contributed by atoms with Crippen molar-refractivity contribution in [1.82, 2.24) is 5.32 Å². The summed E-state index contributed by atoms with van der Waals surface area (Å²) in [5.41, 5.74) is 3.77. The van der Waals surface area contributed by atoms with E-state index in [0.717, 1.165) is 16.7 Å². The molecule has 0 aliphatic rings. The largest absolute Gasteiger partial charge is 0.508 e. The van der Waals surface area contributed by atoms with E-state index in [4.69, 9.17) is 0 Å². The fraction of sp³-hybridized carbons (Fsp3) is 0.188. The van der Waals surface area contributed by atoms with Crippen molar-refractivity contribution in [2.45, 2.75) is 20.4 Å². The van der Waals surface area contributed by atoms with E-state index in [9.17, 15) is 9.90 Å². The lowest BCUT2D eigenvalue weighted by molar-refractivity contribution is 0.0950. The first-order chi connectivity index (χ1) is 9.06. The third-order valence-corrected chi connectivity index (χ3v) is 3.02. The topological polar surface area (TPSA) is 49.3 Å². The van der Waals surface area contributed by atoms with Crippen molar-refractivity contribution in [2.75, 3.05) is 0 Å². The van der Waals surface area contributed by atoms with Gasteiger partial charge in [0.15, 0.2) is 0 Å². The number of hydrogen-bond acceptors (Lipinski definition) is 2. The van der Waals surface area contributed by atoms with Crippen LogP contribution in [-0.2, 0) is 6.54 Å². The number of nitrogens with one attached hydrogen (secondary N) is 1. The minimum atomic E-state index is -0.0782. The van der Waals surface area contributed by atoms with Crippen molar-refractivity contribution >= 4 is 5.91 Å². The molecule has 0 radical (unpaired) electrons. The zero-order chi connectivity index (χ0) is 13.8. The second-order valence-corrected chi connectivity index (χ2v) is 4.67. The van der Waals surface area contributed by atoms with Crippen molar-refractivity contribution in [3.63, 3.8) is 0 Å². The van der Waals surface area contributed by atoms with Gasteiger partial charge in [0.2, 0.25) is 0 Å². The molecule has 19 heavy (non-hydrogen) atoms. The highest BCUT2D eigenvalue weighted by atomic mass is 16.3. The second kappa shape index (κ2) is 5.57. The SMILES string of the molecule is Cc1ccc(C(=O)NCc2ccc(O)cc2)c(C)c1. The van der Waals surface area contributed by atoms with E-state index in [1.54, 1.807) is 24.3 Å². The Morgan fingerprint density at radius 3 is 2.42 bits per heavy atom. The lowest BCUT2D eigenvalue weighted by atomic mass is 10.1. The summed E-state index contributed by atoms with van der Waals surface area (Å²) in [6, 6.07) is 12.6. The summed E-state index contributed by atoms with van der Waals surface area (Å²) < 4.78 is 0. The van der Waals surface area contributed by atoms with Crippen LogP contribution in [0.25, 0.3) is 0 Å². The summed E-state index contributed by atoms with van der Waals surface area (Å²) in [5, 5.41) is 12.1. The van der Waals surface area contributed by atoms with Gasteiger partial charge < -0.3 is 10.4 Å². The van der Waals surface area contributed by atoms with Crippen molar-refractivity contribution < 1.29 is 9.90 Å². The maximum Gasteiger partial charge on any atom is 0.251 e. The van der Waals surface area contributed by atoms with Crippen LogP contribution in [0.5, 0.6) is 5.75 Å². The Morgan fingerprint density at radius 2 is 1.79 bits per heavy atom. The molecule has 3 nitrogen and oxygen atoms in total. The van der Waals surface area contributed by atoms with Crippen molar-refractivity contribution in [3.8, 4) is 5.75 Å². The van der Waals surface area contributed by atoms with Crippen LogP contribution in [-0.4, -0.2) is 11.0 Å². The average molecular weight is 255 g/mol. The third kappa shape index (κ3) is 3.35. The molecule has 2 aromatic carbocycles. The van der Waals surface area contributed by atoms with Gasteiger partial charge in [-0.3, -0.25) is 4.79 Å². The lowest BCUT2D eigenvalue weighted by Crippen LogP contribution is -2.23. The monoisotopic (exact) mass is 255 g/mol. The van der Waals surface area contributed by atoms with Gasteiger partial charge in [0.25, 0.3) is 5.91 Å². The standard InChI is InChI=1S/C16H17NO2/c1-11-3-8-15(12(2)9-11)16(19)17-10-13-4-6-14(18)7-5-13/h3-9,18H,10H2,1-2H3,(H,17,19). The first-order valence-corrected chi connectivity index (χ1v) is 6.19. The fourth-order valence-corrected chi connectivity index (χ4v) is 1.96. The summed E-state index contributed by atoms with van der Waals surface area (Å²) in [5.74, 6) is 0.148. The van der Waals surface area contributed by atoms with Crippen LogP contribution in [0.3, 0.4) is 0 Å². The molecule has 0 heterocycles. The fourth-order valence-electron chi connectivity index (χ4n) is 1.96. The number of phenolic OH excluding ortho intramolecular Hbond substituents is 1. The number of phenols is 1. The molecule has 2 rings (SSSR count). The van der Waals surface area contributed by atoms with E-state index >= 15 is 0 Å². The zero-order valence-electron chi connectivity index (χ0n) is 11.1. The van der Waals surface area contributed by atoms with Crippen molar-refractivity contribution in [2.24, 2.45) is 0 Å². The molecule has 0 fully saturated rings. The lowest BCUT2D eigenvalue weighted by Gasteiger charge is -2.08. The Hall–Kier alpha value is -2.29. The first kappa shape index (κ1) is 13.1. The first-order valence-electron chi connectivity index (χ1n) is 6.19. The minimum Gasteiger partial charge on any atom is -0.508 e. The highest BCUT2D eigenvalue weighted by Crippen LogP contribution is 2.12. The Labute approximate surface area is 112 Å². The number of hydrogen-bond donors (Lipinski definition) is 2. The van der Waals surface area contributed by atoms with Crippen molar-refractivity contribution in [3.05, 3.63) is 64.7 Å². The van der Waals surface area contributed by atoms with E-state index in [-0.39, 0.29) is 11.7 Å². The molecule has 98 valence electrons. The Morgan fingerprint density at radius 1 is 1.11 bits per heavy atom. The van der Waals surface area contributed by atoms with Gasteiger partial charge in [0.1, 0.15) is 5.75 Å². The van der Waals surface area contributed by atoms with Crippen LogP contribution < -0.4 is 5.32 Å². The van der Waals surface area contributed by atoms with Gasteiger partial charge in [0.05, 0.1) is 0 Å². The zero-order valence-corrected chi connectivity index (χ0v) is 11.1. The van der Waals surface area contributed by atoms with Gasteiger partial charge in [-0.05, 0) is 43.2 Å². The molecule has 0 aliphatic heterocycles. The summed E-state index contributed by atoms with van der Waals surface area (Å²) in [6.07, 6.45) is 0. The molecule has 2 N–H and O–H groups in total. The van der Waals surface area contributed by atoms with Crippen LogP contribution in [0.2, 0.25) is 0 Å². The third-order valence-electron chi connectivity index (χ3n) is 3.02. The van der Waals surface area contributed by atoms with E-state index in [2.05, 4.69) is 5.32 Å². The summed E-state index contributed by atoms with van der Waals surface area (Å²) >= 11 is 0. The molecule has 0 bridgehead atoms. The van der Waals surface area contributed by atoms with Gasteiger partial charge in [-0.15, -0.1) is 0 Å². The van der Waals surface area contributed by atoms with Gasteiger partial charge in [-0.1, -0.05) is 29.8 Å². The summed E-state index contributed by atoms with van der Waals surface area (Å²) in [7, 11) is 0. The van der Waals surface area contributed by atoms with E-state index < -0.39 is 0 Å². The molecular formula is C16H17NO2. The summed E-state index contributed by atoms with van der Waals surface area (Å²) in [4.78, 5) is 12.1. The van der Waals surface area contributed by atoms with Crippen LogP contribution in [0, 0.1) is 13.8 Å². The number of rotatable bonds is 3. The molecule has 0 unspecified atom stereocenters. The smallest absolute Gasteiger partial charge is 0.251 e. The number of aryl methyl sites for hydroxylation is 2. The summed E-state index contributed by atoms with van der Waals surface area (Å²) in [6.45, 7) is 4.39. The normalized spacial score (nSPS) is 10.2. The predicted molar refractivity (Wildman–Crippen MR) is 75.2 cm³/mol. The molecule has 0 saturated carbocycles. The Kier molecular flexibility index (Phi) is 3.85. The molecule has 3 heteroatoms. The molecule has 2 aromatic rings. The molecule has 0 saturated heterocycles. The number of carbonyl (C=O) groups is 1. The number of aromatic hydroxyl groups is 1. The molecule has 0 aliphatic carbocycles. The van der Waals surface area contributed by atoms with Crippen LogP contribution in [0.15, 0.2) is 42.5 Å². The Bertz CT molecular complexity index is 588. The quantitative estimate of drug-likeness (QED) is 0.886. The maximum atomic E-state index is 12.1. The molecular weight excluding hydrogens is 238 g/mol. The number of amides is 1. The minimum absolute atomic E-state index is 0.0782. The second-order valence-electron chi connectivity index (χ2n) is 4.67. The van der Waals surface area contributed by atoms with Gasteiger partial charge in [0, 0.05) is 12.1 Å². The number of benzene rings is 2. The predicted octanol–water partition coefficient (Wildman–Crippen LogP) is 2.94. The van der Waals surface area contributed by atoms with Gasteiger partial charge in [-0.25, -0.2) is 0 Å². The molecule has 1 amide bonds. The van der Waals surface area contributed by atoms with Crippen molar-refractivity contribution in [1.29, 1.82) is 0 Å². The molecule has 0 spiro atoms. The van der Waals surface area contributed by atoms with Crippen LogP contribution in [0.1, 0.15) is 27.0 Å². The van der Waals surface area contributed by atoms with E-state index in [1.807, 2.05) is 32.0 Å². The molecule has 0 atom stereocenters. The van der Waals surface area contributed by atoms with Gasteiger partial charge in [-0.2, -0.15) is 0 Å². The van der Waals surface area contributed by atoms with Crippen LogP contribution in [0.4, 0.5) is 0 Å². The van der Waals surface area contributed by atoms with Gasteiger partial charge >= 0.3 is 0 Å². The maximum absolute atomic E-state index is 12.1. The Balaban J connectivity index is 2.03. The number of carbonyl (C=O) groups excluding carboxylic acids is 1. The average Bonchev–Trinajstić information content (AvgIpc) is 2.37. The molecule has 0 aromatic heterocycles.